The fraction of sp³-hybridized carbons (Fsp3) is 0.278. The molecule has 0 bridgehead atoms. The van der Waals surface area contributed by atoms with E-state index < -0.39 is 16.1 Å². The van der Waals surface area contributed by atoms with Crippen molar-refractivity contribution in [3.05, 3.63) is 65.2 Å². The second-order valence-electron chi connectivity index (χ2n) is 5.49. The van der Waals surface area contributed by atoms with Crippen molar-refractivity contribution in [3.8, 4) is 6.07 Å². The summed E-state index contributed by atoms with van der Waals surface area (Å²) in [5, 5.41) is 19.5. The van der Waals surface area contributed by atoms with Gasteiger partial charge in [-0.1, -0.05) is 48.9 Å². The summed E-state index contributed by atoms with van der Waals surface area (Å²) >= 11 is 0. The third-order valence-corrected chi connectivity index (χ3v) is 5.82. The molecule has 0 saturated heterocycles. The summed E-state index contributed by atoms with van der Waals surface area (Å²) < 4.78 is 26.8. The number of sulfonamides is 1. The first kappa shape index (κ1) is 18.1. The lowest BCUT2D eigenvalue weighted by Crippen LogP contribution is -2.35. The van der Waals surface area contributed by atoms with Gasteiger partial charge in [-0.3, -0.25) is 0 Å². The van der Waals surface area contributed by atoms with Crippen LogP contribution in [0.15, 0.2) is 53.4 Å². The van der Waals surface area contributed by atoms with Gasteiger partial charge in [0.2, 0.25) is 10.0 Å². The van der Waals surface area contributed by atoms with Crippen LogP contribution in [0.4, 0.5) is 0 Å². The van der Waals surface area contributed by atoms with Crippen molar-refractivity contribution in [2.75, 3.05) is 13.1 Å². The fourth-order valence-electron chi connectivity index (χ4n) is 2.41. The summed E-state index contributed by atoms with van der Waals surface area (Å²) in [6.07, 6.45) is -0.936. The smallest absolute Gasteiger partial charge is 0.244 e. The molecule has 2 aromatic carbocycles. The van der Waals surface area contributed by atoms with Crippen LogP contribution in [0.1, 0.15) is 29.7 Å². The molecule has 24 heavy (non-hydrogen) atoms. The number of aliphatic hydroxyl groups is 1. The molecular formula is C18H20N2O3S. The van der Waals surface area contributed by atoms with E-state index in [0.717, 1.165) is 5.56 Å². The molecule has 0 aliphatic heterocycles. The highest BCUT2D eigenvalue weighted by atomic mass is 32.2. The van der Waals surface area contributed by atoms with Crippen molar-refractivity contribution in [2.24, 2.45) is 0 Å². The van der Waals surface area contributed by atoms with Crippen molar-refractivity contribution < 1.29 is 13.5 Å². The third-order valence-electron chi connectivity index (χ3n) is 3.82. The first-order chi connectivity index (χ1) is 11.4. The summed E-state index contributed by atoms with van der Waals surface area (Å²) in [6, 6.07) is 15.3. The standard InChI is InChI=1S/C18H20N2O3S/c1-3-20(13-17(21)15-10-8-14(2)9-11-15)24(22,23)18-7-5-4-6-16(18)12-19/h4-11,17,21H,3,13H2,1-2H3/t17-/m1/s1. The minimum Gasteiger partial charge on any atom is -0.387 e. The number of aryl methyl sites for hydroxylation is 1. The van der Waals surface area contributed by atoms with E-state index in [4.69, 9.17) is 5.26 Å². The molecule has 0 radical (unpaired) electrons. The average molecular weight is 344 g/mol. The highest BCUT2D eigenvalue weighted by Gasteiger charge is 2.27. The predicted octanol–water partition coefficient (Wildman–Crippen LogP) is 2.61. The van der Waals surface area contributed by atoms with Gasteiger partial charge in [-0.2, -0.15) is 9.57 Å². The molecule has 0 aromatic heterocycles. The summed E-state index contributed by atoms with van der Waals surface area (Å²) in [7, 11) is -3.85. The average Bonchev–Trinajstić information content (AvgIpc) is 2.59. The van der Waals surface area contributed by atoms with Gasteiger partial charge in [-0.05, 0) is 24.6 Å². The minimum absolute atomic E-state index is 0.0366. The Kier molecular flexibility index (Phi) is 5.73. The summed E-state index contributed by atoms with van der Waals surface area (Å²) in [5.74, 6) is 0. The van der Waals surface area contributed by atoms with Gasteiger partial charge in [0.1, 0.15) is 6.07 Å². The second kappa shape index (κ2) is 7.58. The Labute approximate surface area is 142 Å². The number of likely N-dealkylation sites (N-methyl/N-ethyl adjacent to an activating group) is 1. The Bertz CT molecular complexity index is 839. The summed E-state index contributed by atoms with van der Waals surface area (Å²) in [5.41, 5.74) is 1.82. The van der Waals surface area contributed by atoms with E-state index in [9.17, 15) is 13.5 Å². The van der Waals surface area contributed by atoms with Crippen molar-refractivity contribution in [3.63, 3.8) is 0 Å². The van der Waals surface area contributed by atoms with Gasteiger partial charge < -0.3 is 5.11 Å². The molecule has 0 aliphatic carbocycles. The lowest BCUT2D eigenvalue weighted by atomic mass is 10.1. The molecule has 0 fully saturated rings. The molecule has 0 amide bonds. The normalized spacial score (nSPS) is 12.8. The molecule has 1 N–H and O–H groups in total. The Morgan fingerprint density at radius 2 is 1.79 bits per heavy atom. The second-order valence-corrected chi connectivity index (χ2v) is 7.40. The number of hydrogen-bond donors (Lipinski definition) is 1. The van der Waals surface area contributed by atoms with Crippen LogP contribution >= 0.6 is 0 Å². The Morgan fingerprint density at radius 3 is 2.38 bits per heavy atom. The van der Waals surface area contributed by atoms with Gasteiger partial charge in [0.25, 0.3) is 0 Å². The Hall–Kier alpha value is -2.20. The van der Waals surface area contributed by atoms with E-state index in [2.05, 4.69) is 0 Å². The molecule has 6 heteroatoms. The van der Waals surface area contributed by atoms with Gasteiger partial charge in [0.15, 0.2) is 0 Å². The van der Waals surface area contributed by atoms with Crippen LogP contribution in [-0.2, 0) is 10.0 Å². The van der Waals surface area contributed by atoms with Crippen LogP contribution in [0, 0.1) is 18.3 Å². The number of nitrogens with zero attached hydrogens (tertiary/aromatic N) is 2. The summed E-state index contributed by atoms with van der Waals surface area (Å²) in [4.78, 5) is -0.0366. The van der Waals surface area contributed by atoms with Crippen LogP contribution in [0.3, 0.4) is 0 Å². The minimum atomic E-state index is -3.85. The maximum Gasteiger partial charge on any atom is 0.244 e. The van der Waals surface area contributed by atoms with Crippen molar-refractivity contribution in [1.29, 1.82) is 5.26 Å². The molecule has 126 valence electrons. The molecule has 2 rings (SSSR count). The predicted molar refractivity (Wildman–Crippen MR) is 91.7 cm³/mol. The molecule has 0 aliphatic rings. The van der Waals surface area contributed by atoms with Crippen LogP contribution in [0.2, 0.25) is 0 Å². The van der Waals surface area contributed by atoms with E-state index in [1.807, 2.05) is 25.1 Å². The molecule has 2 aromatic rings. The quantitative estimate of drug-likeness (QED) is 0.873. The van der Waals surface area contributed by atoms with Crippen molar-refractivity contribution in [2.45, 2.75) is 24.8 Å². The van der Waals surface area contributed by atoms with Crippen molar-refractivity contribution in [1.82, 2.24) is 4.31 Å². The number of nitriles is 1. The monoisotopic (exact) mass is 344 g/mol. The maximum absolute atomic E-state index is 12.8. The molecule has 0 unspecified atom stereocenters. The molecule has 0 saturated carbocycles. The van der Waals surface area contributed by atoms with Crippen molar-refractivity contribution >= 4 is 10.0 Å². The van der Waals surface area contributed by atoms with Gasteiger partial charge in [0, 0.05) is 13.1 Å². The number of hydrogen-bond acceptors (Lipinski definition) is 4. The zero-order chi connectivity index (χ0) is 17.7. The van der Waals surface area contributed by atoms with E-state index in [1.165, 1.54) is 16.4 Å². The number of rotatable bonds is 6. The fourth-order valence-corrected chi connectivity index (χ4v) is 4.00. The van der Waals surface area contributed by atoms with E-state index in [0.29, 0.717) is 5.56 Å². The van der Waals surface area contributed by atoms with Crippen LogP contribution in [0.25, 0.3) is 0 Å². The van der Waals surface area contributed by atoms with Crippen LogP contribution < -0.4 is 0 Å². The zero-order valence-electron chi connectivity index (χ0n) is 13.7. The van der Waals surface area contributed by atoms with Crippen LogP contribution in [-0.4, -0.2) is 30.9 Å². The number of benzene rings is 2. The van der Waals surface area contributed by atoms with Gasteiger partial charge in [-0.25, -0.2) is 8.42 Å². The molecule has 0 heterocycles. The van der Waals surface area contributed by atoms with Gasteiger partial charge in [0.05, 0.1) is 16.6 Å². The highest BCUT2D eigenvalue weighted by Crippen LogP contribution is 2.23. The van der Waals surface area contributed by atoms with Gasteiger partial charge >= 0.3 is 0 Å². The Morgan fingerprint density at radius 1 is 1.17 bits per heavy atom. The molecular weight excluding hydrogens is 324 g/mol. The molecule has 5 nitrogen and oxygen atoms in total. The first-order valence-corrected chi connectivity index (χ1v) is 9.08. The zero-order valence-corrected chi connectivity index (χ0v) is 14.5. The number of aliphatic hydroxyl groups excluding tert-OH is 1. The van der Waals surface area contributed by atoms with Gasteiger partial charge in [-0.15, -0.1) is 0 Å². The first-order valence-electron chi connectivity index (χ1n) is 7.64. The van der Waals surface area contributed by atoms with E-state index in [1.54, 1.807) is 31.2 Å². The Balaban J connectivity index is 2.30. The maximum atomic E-state index is 12.8. The summed E-state index contributed by atoms with van der Waals surface area (Å²) in [6.45, 7) is 3.78. The molecule has 0 spiro atoms. The largest absolute Gasteiger partial charge is 0.387 e. The lowest BCUT2D eigenvalue weighted by Gasteiger charge is -2.24. The highest BCUT2D eigenvalue weighted by molar-refractivity contribution is 7.89. The lowest BCUT2D eigenvalue weighted by molar-refractivity contribution is 0.149. The van der Waals surface area contributed by atoms with E-state index in [-0.39, 0.29) is 23.5 Å². The molecule has 1 atom stereocenters. The van der Waals surface area contributed by atoms with Crippen LogP contribution in [0.5, 0.6) is 0 Å². The SMILES string of the molecule is CCN(C[C@@H](O)c1ccc(C)cc1)S(=O)(=O)c1ccccc1C#N. The third kappa shape index (κ3) is 3.82. The topological polar surface area (TPSA) is 81.4 Å². The van der Waals surface area contributed by atoms with E-state index >= 15 is 0 Å².